The molecule has 2 aromatic heterocycles. The summed E-state index contributed by atoms with van der Waals surface area (Å²) in [4.78, 5) is 1.12. The molecule has 0 spiro atoms. The van der Waals surface area contributed by atoms with E-state index < -0.39 is 11.2 Å². The van der Waals surface area contributed by atoms with Gasteiger partial charge in [-0.05, 0) is 47.1 Å². The Morgan fingerprint density at radius 1 is 1.00 bits per heavy atom. The molecule has 1 aromatic carbocycles. The fraction of sp³-hybridized carbons (Fsp3) is 0.0667. The van der Waals surface area contributed by atoms with Crippen LogP contribution in [0.15, 0.2) is 52.7 Å². The topological polar surface area (TPSA) is 23.1 Å². The van der Waals surface area contributed by atoms with E-state index >= 15 is 0 Å². The van der Waals surface area contributed by atoms with Gasteiger partial charge in [0, 0.05) is 21.7 Å². The molecule has 1 nitrogen and oxygen atoms in total. The molecule has 0 fully saturated rings. The first kappa shape index (κ1) is 15.3. The normalized spacial score (nSPS) is 11.6. The Morgan fingerprint density at radius 2 is 1.65 bits per heavy atom. The van der Waals surface area contributed by atoms with Crippen molar-refractivity contribution < 1.29 is 8.94 Å². The van der Waals surface area contributed by atoms with Gasteiger partial charge in [-0.1, -0.05) is 23.5 Å². The molecule has 0 aliphatic heterocycles. The molecule has 0 N–H and O–H groups in total. The molecule has 0 aliphatic carbocycles. The molecule has 20 heavy (non-hydrogen) atoms. The van der Waals surface area contributed by atoms with Crippen LogP contribution in [0.25, 0.3) is 10.4 Å². The van der Waals surface area contributed by atoms with Crippen LogP contribution in [0, 0.1) is 16.6 Å². The maximum absolute atomic E-state index is 12.5. The molecule has 2 heterocycles. The van der Waals surface area contributed by atoms with E-state index in [-0.39, 0.29) is 5.82 Å². The lowest BCUT2D eigenvalue weighted by atomic mass is 10.2. The number of thiophene rings is 2. The monoisotopic (exact) mass is 322 g/mol. The minimum atomic E-state index is -0.811. The Morgan fingerprint density at radius 3 is 2.10 bits per heavy atom. The van der Waals surface area contributed by atoms with Crippen LogP contribution in [0.3, 0.4) is 0 Å². The summed E-state index contributed by atoms with van der Waals surface area (Å²) in [6.07, 6.45) is 1.67. The van der Waals surface area contributed by atoms with Gasteiger partial charge in [0.2, 0.25) is 4.21 Å². The molecule has 0 amide bonds. The lowest BCUT2D eigenvalue weighted by Crippen LogP contribution is -1.91. The molecule has 102 valence electrons. The van der Waals surface area contributed by atoms with Crippen LogP contribution in [-0.4, -0.2) is 10.8 Å². The number of halogens is 1. The third-order valence-electron chi connectivity index (χ3n) is 2.33. The zero-order valence-electron chi connectivity index (χ0n) is 10.6. The summed E-state index contributed by atoms with van der Waals surface area (Å²) >= 11 is 2.13. The summed E-state index contributed by atoms with van der Waals surface area (Å²) < 4.78 is 24.0. The van der Waals surface area contributed by atoms with Crippen molar-refractivity contribution in [2.75, 3.05) is 6.26 Å². The van der Waals surface area contributed by atoms with Gasteiger partial charge in [0.05, 0.1) is 0 Å². The molecule has 1 unspecified atom stereocenters. The van der Waals surface area contributed by atoms with E-state index in [0.717, 1.165) is 14.6 Å². The SMILES string of the molecule is C[S+]([O-])c1cc[c]s1.Fc1ccc(-c2cc[c]s2)cc1. The van der Waals surface area contributed by atoms with Crippen molar-refractivity contribution in [3.05, 3.63) is 65.1 Å². The van der Waals surface area contributed by atoms with E-state index in [1.54, 1.807) is 24.5 Å². The van der Waals surface area contributed by atoms with Crippen LogP contribution in [0.5, 0.6) is 0 Å². The van der Waals surface area contributed by atoms with Crippen molar-refractivity contribution in [2.45, 2.75) is 4.21 Å². The molecule has 3 rings (SSSR count). The zero-order valence-corrected chi connectivity index (χ0v) is 13.1. The smallest absolute Gasteiger partial charge is 0.206 e. The quantitative estimate of drug-likeness (QED) is 0.630. The summed E-state index contributed by atoms with van der Waals surface area (Å²) in [5.41, 5.74) is 1.04. The Labute approximate surface area is 128 Å². The van der Waals surface area contributed by atoms with Gasteiger partial charge < -0.3 is 4.55 Å². The molecule has 5 heteroatoms. The first-order chi connectivity index (χ1) is 9.66. The number of hydrogen-bond donors (Lipinski definition) is 0. The molecule has 0 saturated carbocycles. The lowest BCUT2D eigenvalue weighted by Gasteiger charge is -1.96. The Balaban J connectivity index is 0.000000160. The molecule has 3 aromatic rings. The van der Waals surface area contributed by atoms with Gasteiger partial charge in [-0.25, -0.2) is 4.39 Å². The van der Waals surface area contributed by atoms with Gasteiger partial charge in [-0.3, -0.25) is 0 Å². The van der Waals surface area contributed by atoms with E-state index in [4.69, 9.17) is 0 Å². The minimum Gasteiger partial charge on any atom is -0.611 e. The fourth-order valence-electron chi connectivity index (χ4n) is 1.39. The number of rotatable bonds is 2. The average molecular weight is 322 g/mol. The average Bonchev–Trinajstić information content (AvgIpc) is 3.14. The lowest BCUT2D eigenvalue weighted by molar-refractivity contribution is 0.602. The first-order valence-electron chi connectivity index (χ1n) is 5.68. The van der Waals surface area contributed by atoms with Crippen LogP contribution in [0.4, 0.5) is 4.39 Å². The standard InChI is InChI=1S/C10H6FS.C5H5OS2/c11-9-5-3-8(4-6-9)10-2-1-7-12-10;1-8(6)5-3-2-4-7-5/h1-6H;2-3H,1H3. The van der Waals surface area contributed by atoms with Gasteiger partial charge >= 0.3 is 0 Å². The van der Waals surface area contributed by atoms with E-state index in [1.165, 1.54) is 34.8 Å². The molecule has 1 atom stereocenters. The third kappa shape index (κ3) is 4.45. The Bertz CT molecular complexity index is 601. The highest BCUT2D eigenvalue weighted by Gasteiger charge is 2.01. The molecular weight excluding hydrogens is 311 g/mol. The Kier molecular flexibility index (Phi) is 5.79. The summed E-state index contributed by atoms with van der Waals surface area (Å²) in [5.74, 6) is -0.195. The van der Waals surface area contributed by atoms with E-state index in [1.807, 2.05) is 18.2 Å². The maximum atomic E-state index is 12.5. The van der Waals surface area contributed by atoms with E-state index in [9.17, 15) is 8.94 Å². The predicted molar refractivity (Wildman–Crippen MR) is 84.0 cm³/mol. The van der Waals surface area contributed by atoms with Crippen molar-refractivity contribution in [2.24, 2.45) is 0 Å². The molecule has 0 saturated heterocycles. The summed E-state index contributed by atoms with van der Waals surface area (Å²) in [6, 6.07) is 13.9. The second kappa shape index (κ2) is 7.59. The maximum Gasteiger partial charge on any atom is 0.206 e. The van der Waals surface area contributed by atoms with Crippen molar-refractivity contribution >= 4 is 33.8 Å². The van der Waals surface area contributed by atoms with Gasteiger partial charge in [0.1, 0.15) is 12.1 Å². The van der Waals surface area contributed by atoms with Crippen LogP contribution in [-0.2, 0) is 11.2 Å². The predicted octanol–water partition coefficient (Wildman–Crippen LogP) is 4.64. The third-order valence-corrected chi connectivity index (χ3v) is 5.42. The second-order valence-electron chi connectivity index (χ2n) is 3.75. The minimum absolute atomic E-state index is 0.195. The largest absolute Gasteiger partial charge is 0.611 e. The highest BCUT2D eigenvalue weighted by Crippen LogP contribution is 2.23. The van der Waals surface area contributed by atoms with E-state index in [2.05, 4.69) is 10.8 Å². The summed E-state index contributed by atoms with van der Waals surface area (Å²) in [7, 11) is 0. The first-order valence-corrected chi connectivity index (χ1v) is 8.87. The van der Waals surface area contributed by atoms with Crippen molar-refractivity contribution in [1.82, 2.24) is 0 Å². The van der Waals surface area contributed by atoms with Crippen LogP contribution >= 0.6 is 22.7 Å². The van der Waals surface area contributed by atoms with Crippen LogP contribution in [0.2, 0.25) is 0 Å². The Hall–Kier alpha value is -1.14. The van der Waals surface area contributed by atoms with E-state index in [0.29, 0.717) is 0 Å². The van der Waals surface area contributed by atoms with Crippen molar-refractivity contribution in [3.63, 3.8) is 0 Å². The summed E-state index contributed by atoms with van der Waals surface area (Å²) in [6.45, 7) is 0. The fourth-order valence-corrected chi connectivity index (χ4v) is 3.31. The highest BCUT2D eigenvalue weighted by molar-refractivity contribution is 7.92. The van der Waals surface area contributed by atoms with Gasteiger partial charge in [0.25, 0.3) is 0 Å². The van der Waals surface area contributed by atoms with Crippen molar-refractivity contribution in [1.29, 1.82) is 0 Å². The van der Waals surface area contributed by atoms with Gasteiger partial charge in [-0.2, -0.15) is 0 Å². The second-order valence-corrected chi connectivity index (χ2v) is 7.12. The van der Waals surface area contributed by atoms with Crippen LogP contribution in [0.1, 0.15) is 0 Å². The number of hydrogen-bond acceptors (Lipinski definition) is 3. The molecule has 2 radical (unpaired) electrons. The van der Waals surface area contributed by atoms with Crippen LogP contribution < -0.4 is 0 Å². The van der Waals surface area contributed by atoms with Crippen molar-refractivity contribution in [3.8, 4) is 10.4 Å². The molecular formula is C15H11FOS3. The molecule has 0 bridgehead atoms. The number of benzene rings is 1. The van der Waals surface area contributed by atoms with Gasteiger partial charge in [0.15, 0.2) is 0 Å². The zero-order chi connectivity index (χ0) is 14.4. The summed E-state index contributed by atoms with van der Waals surface area (Å²) in [5, 5.41) is 5.85. The highest BCUT2D eigenvalue weighted by atomic mass is 32.2. The molecule has 0 aliphatic rings. The van der Waals surface area contributed by atoms with Gasteiger partial charge in [-0.15, -0.1) is 11.3 Å².